The van der Waals surface area contributed by atoms with Crippen LogP contribution in [-0.2, 0) is 5.41 Å². The SMILES string of the molecule is CC1(C)c2ccccc2-c2c(-c3ccc(-c4cc(-c5cc(-c6ccc7ccccc7c6)cc(-c6cccc7c6oc6ccccc67)c5)nc(-c5ccccc5)n4)cc3)cccc21. The molecular formula is C59H40N2O. The third-order valence-electron chi connectivity index (χ3n) is 12.9. The highest BCUT2D eigenvalue weighted by Gasteiger charge is 2.36. The first-order valence-electron chi connectivity index (χ1n) is 21.3. The van der Waals surface area contributed by atoms with Gasteiger partial charge < -0.3 is 4.42 Å². The van der Waals surface area contributed by atoms with Gasteiger partial charge in [0.25, 0.3) is 0 Å². The Hall–Kier alpha value is -7.88. The highest BCUT2D eigenvalue weighted by molar-refractivity contribution is 6.10. The predicted molar refractivity (Wildman–Crippen MR) is 257 cm³/mol. The van der Waals surface area contributed by atoms with E-state index in [1.807, 2.05) is 30.3 Å². The first-order valence-corrected chi connectivity index (χ1v) is 21.3. The number of rotatable bonds is 6. The first-order chi connectivity index (χ1) is 30.5. The maximum atomic E-state index is 6.61. The Morgan fingerprint density at radius 1 is 0.371 bits per heavy atom. The van der Waals surface area contributed by atoms with E-state index in [4.69, 9.17) is 14.4 Å². The maximum Gasteiger partial charge on any atom is 0.160 e. The van der Waals surface area contributed by atoms with Gasteiger partial charge in [-0.2, -0.15) is 0 Å². The van der Waals surface area contributed by atoms with Gasteiger partial charge in [0.2, 0.25) is 0 Å². The fraction of sp³-hybridized carbons (Fsp3) is 0.0508. The summed E-state index contributed by atoms with van der Waals surface area (Å²) in [4.78, 5) is 10.6. The minimum absolute atomic E-state index is 0.0584. The van der Waals surface area contributed by atoms with E-state index in [0.29, 0.717) is 5.82 Å². The van der Waals surface area contributed by atoms with Gasteiger partial charge >= 0.3 is 0 Å². The molecule has 9 aromatic carbocycles. The normalized spacial score (nSPS) is 12.8. The average Bonchev–Trinajstić information content (AvgIpc) is 3.83. The summed E-state index contributed by atoms with van der Waals surface area (Å²) in [5.41, 5.74) is 18.6. The molecule has 0 unspecified atom stereocenters. The van der Waals surface area contributed by atoms with Crippen LogP contribution in [0.4, 0.5) is 0 Å². The summed E-state index contributed by atoms with van der Waals surface area (Å²) >= 11 is 0. The van der Waals surface area contributed by atoms with Crippen LogP contribution in [0.25, 0.3) is 111 Å². The zero-order valence-electron chi connectivity index (χ0n) is 34.4. The van der Waals surface area contributed by atoms with Crippen LogP contribution in [0.15, 0.2) is 211 Å². The summed E-state index contributed by atoms with van der Waals surface area (Å²) in [7, 11) is 0. The molecule has 0 fully saturated rings. The van der Waals surface area contributed by atoms with Gasteiger partial charge in [0, 0.05) is 38.4 Å². The second-order valence-electron chi connectivity index (χ2n) is 16.9. The van der Waals surface area contributed by atoms with Crippen molar-refractivity contribution in [3.8, 4) is 78.4 Å². The Balaban J connectivity index is 1.03. The average molecular weight is 793 g/mol. The van der Waals surface area contributed by atoms with Crippen molar-refractivity contribution in [3.63, 3.8) is 0 Å². The molecule has 11 aromatic rings. The molecule has 2 heterocycles. The lowest BCUT2D eigenvalue weighted by molar-refractivity contribution is 0.660. The molecule has 12 rings (SSSR count). The van der Waals surface area contributed by atoms with Gasteiger partial charge in [-0.05, 0) is 97.2 Å². The van der Waals surface area contributed by atoms with Crippen LogP contribution < -0.4 is 0 Å². The van der Waals surface area contributed by atoms with Crippen LogP contribution in [0.3, 0.4) is 0 Å². The summed E-state index contributed by atoms with van der Waals surface area (Å²) in [6.45, 7) is 4.67. The van der Waals surface area contributed by atoms with Crippen molar-refractivity contribution in [2.24, 2.45) is 0 Å². The monoisotopic (exact) mass is 792 g/mol. The molecule has 0 radical (unpaired) electrons. The van der Waals surface area contributed by atoms with Crippen molar-refractivity contribution in [1.82, 2.24) is 9.97 Å². The Bertz CT molecular complexity index is 3540. The summed E-state index contributed by atoms with van der Waals surface area (Å²) in [6.07, 6.45) is 0. The van der Waals surface area contributed by atoms with Crippen LogP contribution in [0.5, 0.6) is 0 Å². The molecule has 3 heteroatoms. The Morgan fingerprint density at radius 2 is 0.984 bits per heavy atom. The highest BCUT2D eigenvalue weighted by atomic mass is 16.3. The van der Waals surface area contributed by atoms with Crippen molar-refractivity contribution >= 4 is 32.7 Å². The Labute approximate surface area is 360 Å². The number of furan rings is 1. The third-order valence-corrected chi connectivity index (χ3v) is 12.9. The fourth-order valence-electron chi connectivity index (χ4n) is 9.72. The number of benzene rings is 9. The van der Waals surface area contributed by atoms with E-state index < -0.39 is 0 Å². The maximum absolute atomic E-state index is 6.61. The molecular weight excluding hydrogens is 753 g/mol. The molecule has 1 aliphatic rings. The van der Waals surface area contributed by atoms with Crippen molar-refractivity contribution < 1.29 is 4.42 Å². The number of fused-ring (bicyclic) bond motifs is 7. The van der Waals surface area contributed by atoms with Crippen LogP contribution in [0, 0.1) is 0 Å². The number of hydrogen-bond acceptors (Lipinski definition) is 3. The molecule has 62 heavy (non-hydrogen) atoms. The van der Waals surface area contributed by atoms with E-state index in [2.05, 4.69) is 190 Å². The second kappa shape index (κ2) is 14.1. The quantitative estimate of drug-likeness (QED) is 0.168. The largest absolute Gasteiger partial charge is 0.455 e. The molecule has 0 amide bonds. The van der Waals surface area contributed by atoms with E-state index in [1.54, 1.807) is 0 Å². The molecule has 0 saturated carbocycles. The molecule has 2 aromatic heterocycles. The van der Waals surface area contributed by atoms with E-state index >= 15 is 0 Å². The summed E-state index contributed by atoms with van der Waals surface area (Å²) in [5.74, 6) is 0.680. The lowest BCUT2D eigenvalue weighted by atomic mass is 9.82. The summed E-state index contributed by atoms with van der Waals surface area (Å²) < 4.78 is 6.61. The van der Waals surface area contributed by atoms with Gasteiger partial charge in [-0.1, -0.05) is 184 Å². The van der Waals surface area contributed by atoms with Gasteiger partial charge in [-0.3, -0.25) is 0 Å². The van der Waals surface area contributed by atoms with Crippen LogP contribution in [-0.4, -0.2) is 9.97 Å². The molecule has 0 N–H and O–H groups in total. The highest BCUT2D eigenvalue weighted by Crippen LogP contribution is 2.52. The van der Waals surface area contributed by atoms with Gasteiger partial charge in [0.05, 0.1) is 11.4 Å². The smallest absolute Gasteiger partial charge is 0.160 e. The Kier molecular flexibility index (Phi) is 8.20. The van der Waals surface area contributed by atoms with Crippen molar-refractivity contribution in [2.75, 3.05) is 0 Å². The van der Waals surface area contributed by atoms with Crippen molar-refractivity contribution in [3.05, 3.63) is 217 Å². The minimum Gasteiger partial charge on any atom is -0.455 e. The first kappa shape index (κ1) is 36.0. The molecule has 3 nitrogen and oxygen atoms in total. The number of aromatic nitrogens is 2. The lowest BCUT2D eigenvalue weighted by Crippen LogP contribution is -2.14. The predicted octanol–water partition coefficient (Wildman–Crippen LogP) is 15.8. The fourth-order valence-corrected chi connectivity index (χ4v) is 9.72. The van der Waals surface area contributed by atoms with Gasteiger partial charge in [-0.15, -0.1) is 0 Å². The van der Waals surface area contributed by atoms with E-state index in [9.17, 15) is 0 Å². The molecule has 1 aliphatic carbocycles. The topological polar surface area (TPSA) is 38.9 Å². The summed E-state index contributed by atoms with van der Waals surface area (Å²) in [6, 6.07) is 73.7. The molecule has 0 spiro atoms. The summed E-state index contributed by atoms with van der Waals surface area (Å²) in [5, 5.41) is 4.62. The third kappa shape index (κ3) is 5.89. The van der Waals surface area contributed by atoms with Crippen LogP contribution >= 0.6 is 0 Å². The number of para-hydroxylation sites is 2. The van der Waals surface area contributed by atoms with Crippen LogP contribution in [0.2, 0.25) is 0 Å². The molecule has 0 saturated heterocycles. The van der Waals surface area contributed by atoms with Gasteiger partial charge in [0.15, 0.2) is 5.82 Å². The second-order valence-corrected chi connectivity index (χ2v) is 16.9. The van der Waals surface area contributed by atoms with Crippen molar-refractivity contribution in [1.29, 1.82) is 0 Å². The van der Waals surface area contributed by atoms with Gasteiger partial charge in [0.1, 0.15) is 11.2 Å². The lowest BCUT2D eigenvalue weighted by Gasteiger charge is -2.21. The molecule has 0 bridgehead atoms. The number of hydrogen-bond donors (Lipinski definition) is 0. The Morgan fingerprint density at radius 3 is 1.85 bits per heavy atom. The minimum atomic E-state index is -0.0584. The zero-order chi connectivity index (χ0) is 41.4. The van der Waals surface area contributed by atoms with E-state index in [-0.39, 0.29) is 5.41 Å². The molecule has 0 atom stereocenters. The molecule has 0 aliphatic heterocycles. The van der Waals surface area contributed by atoms with Crippen molar-refractivity contribution in [2.45, 2.75) is 19.3 Å². The zero-order valence-corrected chi connectivity index (χ0v) is 34.4. The standard InChI is InChI=1S/C59H40N2O/c1-59(2)51-23-10-8-19-50(51)56-46(20-13-24-52(56)59)38-27-29-39(30-28-38)53-36-54(61-58(60-53)40-15-4-3-5-16-40)45-34-43(42-31-26-37-14-6-7-17-41(37)32-42)33-44(35-45)47-21-12-22-49-48-18-9-11-25-55(48)62-57(47)49/h3-36H,1-2H3. The number of nitrogens with zero attached hydrogens (tertiary/aromatic N) is 2. The molecule has 292 valence electrons. The van der Waals surface area contributed by atoms with E-state index in [1.165, 1.54) is 44.2 Å². The van der Waals surface area contributed by atoms with E-state index in [0.717, 1.165) is 72.3 Å². The van der Waals surface area contributed by atoms with Gasteiger partial charge in [-0.25, -0.2) is 9.97 Å². The van der Waals surface area contributed by atoms with Crippen LogP contribution in [0.1, 0.15) is 25.0 Å².